The fraction of sp³-hybridized carbons (Fsp3) is 0.867. The van der Waals surface area contributed by atoms with Crippen LogP contribution in [0.15, 0.2) is 11.6 Å². The maximum atomic E-state index is 2.63. The van der Waals surface area contributed by atoms with E-state index in [-0.39, 0.29) is 0 Å². The Hall–Kier alpha value is -0.260. The number of rotatable bonds is 0. The van der Waals surface area contributed by atoms with Gasteiger partial charge in [-0.15, -0.1) is 0 Å². The van der Waals surface area contributed by atoms with E-state index in [0.29, 0.717) is 10.8 Å². The Labute approximate surface area is 94.1 Å². The van der Waals surface area contributed by atoms with Gasteiger partial charge < -0.3 is 0 Å². The fourth-order valence-corrected chi connectivity index (χ4v) is 5.00. The largest absolute Gasteiger partial charge is 0.0790 e. The number of fused-ring (bicyclic) bond motifs is 3. The highest BCUT2D eigenvalue weighted by molar-refractivity contribution is 5.31. The minimum atomic E-state index is 0.490. The minimum Gasteiger partial charge on any atom is -0.0790 e. The Morgan fingerprint density at radius 3 is 2.67 bits per heavy atom. The second kappa shape index (κ2) is 2.70. The summed E-state index contributed by atoms with van der Waals surface area (Å²) in [7, 11) is 0. The molecule has 0 bridgehead atoms. The average molecular weight is 204 g/mol. The maximum absolute atomic E-state index is 2.63. The van der Waals surface area contributed by atoms with Crippen LogP contribution in [0, 0.1) is 28.6 Å². The minimum absolute atomic E-state index is 0.490. The Kier molecular flexibility index (Phi) is 1.79. The number of hydrogen-bond donors (Lipinski definition) is 0. The molecule has 0 aromatic carbocycles. The van der Waals surface area contributed by atoms with Crippen LogP contribution in [-0.2, 0) is 0 Å². The first-order valence-electron chi connectivity index (χ1n) is 6.64. The van der Waals surface area contributed by atoms with Crippen molar-refractivity contribution in [3.05, 3.63) is 11.6 Å². The lowest BCUT2D eigenvalue weighted by molar-refractivity contribution is 0.246. The number of allylic oxidation sites excluding steroid dienone is 2. The van der Waals surface area contributed by atoms with Crippen molar-refractivity contribution < 1.29 is 0 Å². The smallest absolute Gasteiger partial charge is 0.0120 e. The van der Waals surface area contributed by atoms with Crippen LogP contribution in [0.5, 0.6) is 0 Å². The summed E-state index contributed by atoms with van der Waals surface area (Å²) in [5, 5.41) is 0. The summed E-state index contributed by atoms with van der Waals surface area (Å²) in [6.45, 7) is 9.85. The second-order valence-electron chi connectivity index (χ2n) is 7.39. The van der Waals surface area contributed by atoms with Gasteiger partial charge in [0.2, 0.25) is 0 Å². The zero-order valence-corrected chi connectivity index (χ0v) is 10.6. The lowest BCUT2D eigenvalue weighted by atomic mass is 9.77. The Bertz CT molecular complexity index is 323. The van der Waals surface area contributed by atoms with Crippen LogP contribution < -0.4 is 0 Å². The number of hydrogen-bond acceptors (Lipinski definition) is 0. The van der Waals surface area contributed by atoms with Crippen LogP contribution in [0.2, 0.25) is 0 Å². The van der Waals surface area contributed by atoms with E-state index in [0.717, 1.165) is 17.8 Å². The fourth-order valence-electron chi connectivity index (χ4n) is 5.00. The molecule has 3 rings (SSSR count). The molecule has 0 saturated heterocycles. The summed E-state index contributed by atoms with van der Waals surface area (Å²) in [5.74, 6) is 2.82. The molecule has 0 radical (unpaired) electrons. The summed E-state index contributed by atoms with van der Waals surface area (Å²) in [4.78, 5) is 0. The summed E-state index contributed by atoms with van der Waals surface area (Å²) in [6, 6.07) is 0. The van der Waals surface area contributed by atoms with Gasteiger partial charge in [-0.05, 0) is 54.3 Å². The van der Waals surface area contributed by atoms with Crippen molar-refractivity contribution in [1.29, 1.82) is 0 Å². The van der Waals surface area contributed by atoms with Gasteiger partial charge in [0.15, 0.2) is 0 Å². The van der Waals surface area contributed by atoms with Crippen molar-refractivity contribution in [1.82, 2.24) is 0 Å². The van der Waals surface area contributed by atoms with E-state index in [1.165, 1.54) is 25.7 Å². The predicted octanol–water partition coefficient (Wildman–Crippen LogP) is 4.42. The van der Waals surface area contributed by atoms with Crippen molar-refractivity contribution in [2.45, 2.75) is 53.4 Å². The van der Waals surface area contributed by atoms with Crippen LogP contribution in [0.3, 0.4) is 0 Å². The standard InChI is InChI=1S/C15H24/c1-10-5-6-15(4)8-11-7-14(2,3)9-12(11)13(10)15/h9-11,13H,5-8H2,1-4H3/t10-,11+,13+,15-/m1/s1. The van der Waals surface area contributed by atoms with Gasteiger partial charge >= 0.3 is 0 Å². The van der Waals surface area contributed by atoms with Gasteiger partial charge in [0, 0.05) is 0 Å². The lowest BCUT2D eigenvalue weighted by Crippen LogP contribution is -2.19. The van der Waals surface area contributed by atoms with Gasteiger partial charge in [0.05, 0.1) is 0 Å². The Morgan fingerprint density at radius 1 is 1.20 bits per heavy atom. The summed E-state index contributed by atoms with van der Waals surface area (Å²) >= 11 is 0. The average Bonchev–Trinajstić information content (AvgIpc) is 2.59. The molecule has 0 aromatic heterocycles. The van der Waals surface area contributed by atoms with E-state index >= 15 is 0 Å². The second-order valence-corrected chi connectivity index (χ2v) is 7.39. The van der Waals surface area contributed by atoms with Crippen LogP contribution in [-0.4, -0.2) is 0 Å². The van der Waals surface area contributed by atoms with Crippen LogP contribution in [0.1, 0.15) is 53.4 Å². The van der Waals surface area contributed by atoms with Gasteiger partial charge in [0.1, 0.15) is 0 Å². The van der Waals surface area contributed by atoms with Gasteiger partial charge in [-0.2, -0.15) is 0 Å². The molecule has 2 saturated carbocycles. The molecule has 0 nitrogen and oxygen atoms in total. The lowest BCUT2D eigenvalue weighted by Gasteiger charge is -2.27. The monoisotopic (exact) mass is 204 g/mol. The highest BCUT2D eigenvalue weighted by Gasteiger charge is 2.55. The van der Waals surface area contributed by atoms with E-state index < -0.39 is 0 Å². The maximum Gasteiger partial charge on any atom is -0.0120 e. The third-order valence-electron chi connectivity index (χ3n) is 5.36. The molecule has 0 amide bonds. The first kappa shape index (κ1) is 9.93. The van der Waals surface area contributed by atoms with Gasteiger partial charge in [0.25, 0.3) is 0 Å². The molecule has 0 heterocycles. The first-order chi connectivity index (χ1) is 6.91. The third-order valence-corrected chi connectivity index (χ3v) is 5.36. The van der Waals surface area contributed by atoms with Crippen molar-refractivity contribution in [2.24, 2.45) is 28.6 Å². The SMILES string of the molecule is C[C@@H]1CC[C@]2(C)C[C@@H]3CC(C)(C)C=C3[C@H]12. The van der Waals surface area contributed by atoms with Crippen molar-refractivity contribution >= 4 is 0 Å². The molecule has 0 spiro atoms. The van der Waals surface area contributed by atoms with E-state index in [9.17, 15) is 0 Å². The quantitative estimate of drug-likeness (QED) is 0.513. The summed E-state index contributed by atoms with van der Waals surface area (Å²) < 4.78 is 0. The molecule has 0 aliphatic heterocycles. The third kappa shape index (κ3) is 1.26. The van der Waals surface area contributed by atoms with Gasteiger partial charge in [-0.25, -0.2) is 0 Å². The van der Waals surface area contributed by atoms with Crippen molar-refractivity contribution in [3.8, 4) is 0 Å². The normalized spacial score (nSPS) is 51.5. The van der Waals surface area contributed by atoms with Crippen LogP contribution in [0.25, 0.3) is 0 Å². The predicted molar refractivity (Wildman–Crippen MR) is 64.6 cm³/mol. The van der Waals surface area contributed by atoms with E-state index in [2.05, 4.69) is 33.8 Å². The molecule has 4 atom stereocenters. The summed E-state index contributed by atoms with van der Waals surface area (Å²) in [6.07, 6.45) is 8.48. The van der Waals surface area contributed by atoms with Crippen LogP contribution in [0.4, 0.5) is 0 Å². The topological polar surface area (TPSA) is 0 Å². The highest BCUT2D eigenvalue weighted by atomic mass is 14.6. The molecule has 0 aromatic rings. The molecular formula is C15H24. The molecule has 15 heavy (non-hydrogen) atoms. The Morgan fingerprint density at radius 2 is 1.93 bits per heavy atom. The highest BCUT2D eigenvalue weighted by Crippen LogP contribution is 2.65. The molecule has 2 fully saturated rings. The van der Waals surface area contributed by atoms with E-state index in [1.54, 1.807) is 0 Å². The van der Waals surface area contributed by atoms with Gasteiger partial charge in [-0.1, -0.05) is 39.3 Å². The first-order valence-corrected chi connectivity index (χ1v) is 6.64. The van der Waals surface area contributed by atoms with Gasteiger partial charge in [-0.3, -0.25) is 0 Å². The van der Waals surface area contributed by atoms with E-state index in [1.807, 2.05) is 5.57 Å². The van der Waals surface area contributed by atoms with E-state index in [4.69, 9.17) is 0 Å². The molecule has 0 heteroatoms. The molecule has 0 unspecified atom stereocenters. The zero-order valence-electron chi connectivity index (χ0n) is 10.6. The van der Waals surface area contributed by atoms with Crippen molar-refractivity contribution in [2.75, 3.05) is 0 Å². The molecule has 3 aliphatic rings. The van der Waals surface area contributed by atoms with Crippen LogP contribution >= 0.6 is 0 Å². The molecule has 3 aliphatic carbocycles. The van der Waals surface area contributed by atoms with Crippen molar-refractivity contribution in [3.63, 3.8) is 0 Å². The molecule has 0 N–H and O–H groups in total. The Balaban J connectivity index is 2.00. The summed E-state index contributed by atoms with van der Waals surface area (Å²) in [5.41, 5.74) is 3.02. The zero-order chi connectivity index (χ0) is 10.8. The molecular weight excluding hydrogens is 180 g/mol. The molecule has 84 valence electrons.